The summed E-state index contributed by atoms with van der Waals surface area (Å²) >= 11 is 6.91. The molecule has 108 valence electrons. The van der Waals surface area contributed by atoms with Crippen LogP contribution in [-0.2, 0) is 6.54 Å². The van der Waals surface area contributed by atoms with Crippen molar-refractivity contribution in [3.05, 3.63) is 32.7 Å². The first-order chi connectivity index (χ1) is 9.62. The molecular formula is C14H17NO3S2. The van der Waals surface area contributed by atoms with Gasteiger partial charge in [-0.05, 0) is 31.3 Å². The third-order valence-corrected chi connectivity index (χ3v) is 4.48. The van der Waals surface area contributed by atoms with Gasteiger partial charge in [0, 0.05) is 16.6 Å². The van der Waals surface area contributed by atoms with E-state index >= 15 is 0 Å². The highest BCUT2D eigenvalue weighted by molar-refractivity contribution is 7.73. The Hall–Kier alpha value is -1.53. The van der Waals surface area contributed by atoms with E-state index in [1.54, 1.807) is 32.7 Å². The summed E-state index contributed by atoms with van der Waals surface area (Å²) in [6.45, 7) is 2.69. The van der Waals surface area contributed by atoms with Crippen molar-refractivity contribution in [2.45, 2.75) is 13.5 Å². The van der Waals surface area contributed by atoms with Gasteiger partial charge in [-0.1, -0.05) is 0 Å². The number of thiazole rings is 1. The summed E-state index contributed by atoms with van der Waals surface area (Å²) in [5.74, 6) is 1.94. The Morgan fingerprint density at radius 2 is 1.80 bits per heavy atom. The highest BCUT2D eigenvalue weighted by atomic mass is 32.1. The van der Waals surface area contributed by atoms with E-state index < -0.39 is 0 Å². The Labute approximate surface area is 127 Å². The predicted molar refractivity (Wildman–Crippen MR) is 83.1 cm³/mol. The topological polar surface area (TPSA) is 32.6 Å². The van der Waals surface area contributed by atoms with Crippen LogP contribution in [0.1, 0.15) is 11.3 Å². The van der Waals surface area contributed by atoms with Crippen molar-refractivity contribution in [1.82, 2.24) is 4.57 Å². The van der Waals surface area contributed by atoms with Crippen LogP contribution in [-0.4, -0.2) is 25.9 Å². The summed E-state index contributed by atoms with van der Waals surface area (Å²) in [6, 6.07) is 3.85. The van der Waals surface area contributed by atoms with Gasteiger partial charge in [-0.25, -0.2) is 0 Å². The van der Waals surface area contributed by atoms with E-state index in [1.165, 1.54) is 0 Å². The summed E-state index contributed by atoms with van der Waals surface area (Å²) < 4.78 is 19.1. The van der Waals surface area contributed by atoms with Crippen molar-refractivity contribution in [2.24, 2.45) is 0 Å². The van der Waals surface area contributed by atoms with Crippen LogP contribution in [0.2, 0.25) is 0 Å². The molecule has 4 nitrogen and oxygen atoms in total. The average Bonchev–Trinajstić information content (AvgIpc) is 2.78. The van der Waals surface area contributed by atoms with Crippen molar-refractivity contribution >= 4 is 23.6 Å². The monoisotopic (exact) mass is 311 g/mol. The van der Waals surface area contributed by atoms with Crippen LogP contribution in [0, 0.1) is 10.9 Å². The summed E-state index contributed by atoms with van der Waals surface area (Å²) in [4.78, 5) is 0. The number of hydrogen-bond acceptors (Lipinski definition) is 5. The fourth-order valence-electron chi connectivity index (χ4n) is 2.05. The SMILES string of the molecule is COc1ccc(Cn2c(C)csc2=S)c(OC)c1OC. The number of aryl methyl sites for hydroxylation is 1. The molecular weight excluding hydrogens is 294 g/mol. The first-order valence-corrected chi connectivity index (χ1v) is 7.34. The van der Waals surface area contributed by atoms with Gasteiger partial charge in [-0.15, -0.1) is 11.3 Å². The van der Waals surface area contributed by atoms with Gasteiger partial charge in [0.05, 0.1) is 27.9 Å². The maximum atomic E-state index is 5.49. The quantitative estimate of drug-likeness (QED) is 0.789. The highest BCUT2D eigenvalue weighted by Gasteiger charge is 2.16. The maximum Gasteiger partial charge on any atom is 0.203 e. The molecule has 0 spiro atoms. The van der Waals surface area contributed by atoms with Crippen LogP contribution < -0.4 is 14.2 Å². The lowest BCUT2D eigenvalue weighted by atomic mass is 10.1. The van der Waals surface area contributed by atoms with Crippen LogP contribution in [0.25, 0.3) is 0 Å². The minimum Gasteiger partial charge on any atom is -0.493 e. The molecule has 0 fully saturated rings. The van der Waals surface area contributed by atoms with Gasteiger partial charge >= 0.3 is 0 Å². The van der Waals surface area contributed by atoms with E-state index in [1.807, 2.05) is 19.1 Å². The lowest BCUT2D eigenvalue weighted by molar-refractivity contribution is 0.321. The second kappa shape index (κ2) is 6.28. The Balaban J connectivity index is 2.50. The van der Waals surface area contributed by atoms with Gasteiger partial charge in [0.15, 0.2) is 15.5 Å². The average molecular weight is 311 g/mol. The molecule has 0 radical (unpaired) electrons. The van der Waals surface area contributed by atoms with E-state index in [0.29, 0.717) is 23.8 Å². The minimum absolute atomic E-state index is 0.604. The number of benzene rings is 1. The van der Waals surface area contributed by atoms with Crippen molar-refractivity contribution in [2.75, 3.05) is 21.3 Å². The molecule has 0 atom stereocenters. The number of ether oxygens (including phenoxy) is 3. The zero-order valence-corrected chi connectivity index (χ0v) is 13.6. The normalized spacial score (nSPS) is 10.4. The number of methoxy groups -OCH3 is 3. The van der Waals surface area contributed by atoms with Crippen LogP contribution in [0.4, 0.5) is 0 Å². The number of aromatic nitrogens is 1. The highest BCUT2D eigenvalue weighted by Crippen LogP contribution is 2.40. The number of hydrogen-bond donors (Lipinski definition) is 0. The van der Waals surface area contributed by atoms with Gasteiger partial charge in [-0.2, -0.15) is 0 Å². The van der Waals surface area contributed by atoms with Gasteiger partial charge < -0.3 is 18.8 Å². The van der Waals surface area contributed by atoms with Gasteiger partial charge in [0.2, 0.25) is 5.75 Å². The Kier molecular flexibility index (Phi) is 4.67. The molecule has 6 heteroatoms. The minimum atomic E-state index is 0.604. The second-order valence-corrected chi connectivity index (χ2v) is 5.73. The molecule has 0 amide bonds. The van der Waals surface area contributed by atoms with Gasteiger partial charge in [0.25, 0.3) is 0 Å². The van der Waals surface area contributed by atoms with Crippen LogP contribution in [0.15, 0.2) is 17.5 Å². The zero-order chi connectivity index (χ0) is 14.7. The van der Waals surface area contributed by atoms with Crippen molar-refractivity contribution in [1.29, 1.82) is 0 Å². The molecule has 1 aromatic carbocycles. The zero-order valence-electron chi connectivity index (χ0n) is 11.9. The van der Waals surface area contributed by atoms with E-state index in [9.17, 15) is 0 Å². The first kappa shape index (κ1) is 14.9. The lowest BCUT2D eigenvalue weighted by Gasteiger charge is -2.16. The van der Waals surface area contributed by atoms with E-state index in [-0.39, 0.29) is 0 Å². The molecule has 0 bridgehead atoms. The summed E-state index contributed by atoms with van der Waals surface area (Å²) in [5, 5.41) is 2.05. The Morgan fingerprint density at radius 3 is 2.30 bits per heavy atom. The molecule has 1 heterocycles. The molecule has 0 saturated heterocycles. The van der Waals surface area contributed by atoms with Gasteiger partial charge in [-0.3, -0.25) is 0 Å². The third kappa shape index (κ3) is 2.66. The molecule has 1 aromatic heterocycles. The molecule has 20 heavy (non-hydrogen) atoms. The van der Waals surface area contributed by atoms with Crippen molar-refractivity contribution in [3.8, 4) is 17.2 Å². The first-order valence-electron chi connectivity index (χ1n) is 6.05. The molecule has 0 unspecified atom stereocenters. The third-order valence-electron chi connectivity index (χ3n) is 3.09. The number of rotatable bonds is 5. The van der Waals surface area contributed by atoms with E-state index in [2.05, 4.69) is 9.95 Å². The van der Waals surface area contributed by atoms with Crippen LogP contribution >= 0.6 is 23.6 Å². The molecule has 0 saturated carbocycles. The van der Waals surface area contributed by atoms with Crippen LogP contribution in [0.5, 0.6) is 17.2 Å². The Morgan fingerprint density at radius 1 is 1.10 bits per heavy atom. The van der Waals surface area contributed by atoms with E-state index in [4.69, 9.17) is 26.4 Å². The predicted octanol–water partition coefficient (Wildman–Crippen LogP) is 3.66. The van der Waals surface area contributed by atoms with E-state index in [0.717, 1.165) is 15.2 Å². The molecule has 0 aliphatic carbocycles. The second-order valence-electron chi connectivity index (χ2n) is 4.22. The number of nitrogens with zero attached hydrogens (tertiary/aromatic N) is 1. The van der Waals surface area contributed by atoms with Crippen LogP contribution in [0.3, 0.4) is 0 Å². The molecule has 0 N–H and O–H groups in total. The fourth-order valence-corrected chi connectivity index (χ4v) is 3.14. The lowest BCUT2D eigenvalue weighted by Crippen LogP contribution is -2.05. The van der Waals surface area contributed by atoms with Crippen molar-refractivity contribution < 1.29 is 14.2 Å². The summed E-state index contributed by atoms with van der Waals surface area (Å²) in [5.41, 5.74) is 2.14. The maximum absolute atomic E-state index is 5.49. The van der Waals surface area contributed by atoms with Gasteiger partial charge in [0.1, 0.15) is 0 Å². The molecule has 0 aliphatic heterocycles. The molecule has 0 aliphatic rings. The standard InChI is InChI=1S/C14H17NO3S2/c1-9-8-20-14(19)15(9)7-10-5-6-11(16-2)13(18-4)12(10)17-3/h5-6,8H,7H2,1-4H3. The fraction of sp³-hybridized carbons (Fsp3) is 0.357. The summed E-state index contributed by atoms with van der Waals surface area (Å²) in [6.07, 6.45) is 0. The molecule has 2 aromatic rings. The largest absolute Gasteiger partial charge is 0.493 e. The molecule has 2 rings (SSSR count). The summed E-state index contributed by atoms with van der Waals surface area (Å²) in [7, 11) is 4.84. The van der Waals surface area contributed by atoms with Crippen molar-refractivity contribution in [3.63, 3.8) is 0 Å². The smallest absolute Gasteiger partial charge is 0.203 e. The Bertz CT molecular complexity index is 661.